The number of hydrogen-bond donors (Lipinski definition) is 1. The first-order chi connectivity index (χ1) is 15.0. The molecule has 3 aromatic carbocycles. The summed E-state index contributed by atoms with van der Waals surface area (Å²) in [6, 6.07) is 30.2. The van der Waals surface area contributed by atoms with Crippen LogP contribution in [0, 0.1) is 0 Å². The summed E-state index contributed by atoms with van der Waals surface area (Å²) in [5, 5.41) is 1.35. The van der Waals surface area contributed by atoms with E-state index in [1.165, 1.54) is 5.56 Å². The molecule has 1 atom stereocenters. The highest BCUT2D eigenvalue weighted by Crippen LogP contribution is 2.14. The van der Waals surface area contributed by atoms with E-state index >= 15 is 0 Å². The van der Waals surface area contributed by atoms with Crippen LogP contribution in [0.15, 0.2) is 91.0 Å². The van der Waals surface area contributed by atoms with Gasteiger partial charge in [-0.05, 0) is 42.9 Å². The molecule has 0 aliphatic carbocycles. The van der Waals surface area contributed by atoms with E-state index in [1.54, 1.807) is 11.9 Å². The van der Waals surface area contributed by atoms with E-state index in [1.807, 2.05) is 78.9 Å². The fraction of sp³-hybridized carbons (Fsp3) is 0.308. The van der Waals surface area contributed by atoms with Crippen molar-refractivity contribution in [1.29, 1.82) is 0 Å². The molecule has 0 aliphatic heterocycles. The van der Waals surface area contributed by atoms with Gasteiger partial charge in [-0.3, -0.25) is 0 Å². The molecule has 1 N–H and O–H groups in total. The van der Waals surface area contributed by atoms with Crippen LogP contribution in [0.2, 0.25) is 0 Å². The SMILES string of the molecule is CC(CCCCc1ccccc1)S(=O)(=O)NN(Cc1ccccc1)Cc1ccccc1. The Morgan fingerprint density at radius 2 is 1.16 bits per heavy atom. The van der Waals surface area contributed by atoms with Gasteiger partial charge >= 0.3 is 0 Å². The van der Waals surface area contributed by atoms with Crippen LogP contribution in [0.3, 0.4) is 0 Å². The first-order valence-electron chi connectivity index (χ1n) is 10.9. The van der Waals surface area contributed by atoms with Gasteiger partial charge < -0.3 is 0 Å². The molecule has 4 nitrogen and oxygen atoms in total. The molecule has 0 heterocycles. The second-order valence-electron chi connectivity index (χ2n) is 8.01. The minimum atomic E-state index is -3.47. The Kier molecular flexibility index (Phi) is 8.83. The van der Waals surface area contributed by atoms with Crippen molar-refractivity contribution >= 4 is 10.0 Å². The number of hydrazine groups is 1. The lowest BCUT2D eigenvalue weighted by Crippen LogP contribution is -2.44. The van der Waals surface area contributed by atoms with Gasteiger partial charge in [-0.15, -0.1) is 4.83 Å². The molecular weight excluding hydrogens is 404 g/mol. The summed E-state index contributed by atoms with van der Waals surface area (Å²) in [7, 11) is -3.47. The molecule has 0 bridgehead atoms. The maximum atomic E-state index is 13.0. The number of rotatable bonds is 12. The van der Waals surface area contributed by atoms with Gasteiger partial charge in [0.25, 0.3) is 0 Å². The van der Waals surface area contributed by atoms with E-state index < -0.39 is 15.3 Å². The Morgan fingerprint density at radius 1 is 0.710 bits per heavy atom. The van der Waals surface area contributed by atoms with Crippen LogP contribution < -0.4 is 4.83 Å². The molecule has 0 saturated carbocycles. The Balaban J connectivity index is 1.58. The number of nitrogens with one attached hydrogen (secondary N) is 1. The maximum Gasteiger partial charge on any atom is 0.227 e. The van der Waals surface area contributed by atoms with Crippen LogP contribution in [0.1, 0.15) is 42.9 Å². The van der Waals surface area contributed by atoms with Gasteiger partial charge in [0.2, 0.25) is 10.0 Å². The van der Waals surface area contributed by atoms with Gasteiger partial charge in [-0.2, -0.15) is 0 Å². The van der Waals surface area contributed by atoms with Crippen LogP contribution >= 0.6 is 0 Å². The molecule has 5 heteroatoms. The molecule has 164 valence electrons. The van der Waals surface area contributed by atoms with Crippen LogP contribution in [-0.4, -0.2) is 18.7 Å². The van der Waals surface area contributed by atoms with Crippen molar-refractivity contribution in [2.75, 3.05) is 0 Å². The largest absolute Gasteiger partial charge is 0.227 e. The lowest BCUT2D eigenvalue weighted by molar-refractivity contribution is 0.221. The van der Waals surface area contributed by atoms with Crippen molar-refractivity contribution in [3.8, 4) is 0 Å². The molecule has 1 unspecified atom stereocenters. The fourth-order valence-corrected chi connectivity index (χ4v) is 4.70. The summed E-state index contributed by atoms with van der Waals surface area (Å²) < 4.78 is 26.1. The average molecular weight is 437 g/mol. The first-order valence-corrected chi connectivity index (χ1v) is 12.5. The number of unbranched alkanes of at least 4 members (excludes halogenated alkanes) is 1. The molecule has 0 radical (unpaired) electrons. The quantitative estimate of drug-likeness (QED) is 0.309. The molecular formula is C26H32N2O2S. The minimum Gasteiger partial charge on any atom is -0.222 e. The number of sulfonamides is 1. The minimum absolute atomic E-state index is 0.447. The van der Waals surface area contributed by atoms with Crippen molar-refractivity contribution in [3.63, 3.8) is 0 Å². The van der Waals surface area contributed by atoms with Gasteiger partial charge in [0.05, 0.1) is 5.25 Å². The van der Waals surface area contributed by atoms with Crippen LogP contribution in [-0.2, 0) is 29.5 Å². The molecule has 0 fully saturated rings. The fourth-order valence-electron chi connectivity index (χ4n) is 3.56. The third kappa shape index (κ3) is 7.94. The van der Waals surface area contributed by atoms with E-state index in [-0.39, 0.29) is 0 Å². The van der Waals surface area contributed by atoms with Crippen LogP contribution in [0.25, 0.3) is 0 Å². The zero-order valence-corrected chi connectivity index (χ0v) is 19.0. The second-order valence-corrected chi connectivity index (χ2v) is 10.1. The Labute approximate surface area is 187 Å². The van der Waals surface area contributed by atoms with Crippen molar-refractivity contribution in [2.45, 2.75) is 50.9 Å². The van der Waals surface area contributed by atoms with Gasteiger partial charge in [0.15, 0.2) is 0 Å². The van der Waals surface area contributed by atoms with Crippen LogP contribution in [0.5, 0.6) is 0 Å². The Hall–Kier alpha value is -2.47. The molecule has 3 aromatic rings. The lowest BCUT2D eigenvalue weighted by atomic mass is 10.1. The number of aryl methyl sites for hydroxylation is 1. The zero-order chi connectivity index (χ0) is 21.9. The molecule has 0 amide bonds. The molecule has 31 heavy (non-hydrogen) atoms. The second kappa shape index (κ2) is 11.8. The van der Waals surface area contributed by atoms with Crippen molar-refractivity contribution in [3.05, 3.63) is 108 Å². The van der Waals surface area contributed by atoms with Crippen molar-refractivity contribution < 1.29 is 8.42 Å². The van der Waals surface area contributed by atoms with E-state index in [2.05, 4.69) is 17.0 Å². The van der Waals surface area contributed by atoms with E-state index in [4.69, 9.17) is 0 Å². The third-order valence-electron chi connectivity index (χ3n) is 5.39. The van der Waals surface area contributed by atoms with E-state index in [0.717, 1.165) is 30.4 Å². The predicted octanol–water partition coefficient (Wildman–Crippen LogP) is 5.32. The highest BCUT2D eigenvalue weighted by atomic mass is 32.2. The van der Waals surface area contributed by atoms with Crippen molar-refractivity contribution in [1.82, 2.24) is 9.84 Å². The van der Waals surface area contributed by atoms with Gasteiger partial charge in [0.1, 0.15) is 0 Å². The topological polar surface area (TPSA) is 49.4 Å². The first kappa shape index (κ1) is 23.2. The summed E-state index contributed by atoms with van der Waals surface area (Å²) in [6.45, 7) is 2.82. The van der Waals surface area contributed by atoms with Gasteiger partial charge in [-0.1, -0.05) is 97.4 Å². The third-order valence-corrected chi connectivity index (χ3v) is 7.20. The number of benzene rings is 3. The summed E-state index contributed by atoms with van der Waals surface area (Å²) >= 11 is 0. The molecule has 0 aliphatic rings. The summed E-state index contributed by atoms with van der Waals surface area (Å²) in [5.74, 6) is 0. The van der Waals surface area contributed by atoms with Gasteiger partial charge in [0, 0.05) is 13.1 Å². The monoisotopic (exact) mass is 436 g/mol. The number of hydrogen-bond acceptors (Lipinski definition) is 3. The summed E-state index contributed by atoms with van der Waals surface area (Å²) in [6.07, 6.45) is 3.50. The van der Waals surface area contributed by atoms with E-state index in [9.17, 15) is 8.42 Å². The zero-order valence-electron chi connectivity index (χ0n) is 18.2. The summed E-state index contributed by atoms with van der Waals surface area (Å²) in [5.41, 5.74) is 3.43. The molecule has 0 saturated heterocycles. The van der Waals surface area contributed by atoms with Crippen LogP contribution in [0.4, 0.5) is 0 Å². The van der Waals surface area contributed by atoms with E-state index in [0.29, 0.717) is 19.5 Å². The smallest absolute Gasteiger partial charge is 0.222 e. The average Bonchev–Trinajstić information content (AvgIpc) is 2.78. The predicted molar refractivity (Wildman–Crippen MR) is 128 cm³/mol. The Bertz CT molecular complexity index is 952. The standard InChI is InChI=1S/C26H32N2O2S/c1-23(13-11-12-16-24-14-5-2-6-15-24)31(29,30)27-28(21-25-17-7-3-8-18-25)22-26-19-9-4-10-20-26/h2-10,14-15,17-20,23,27H,11-13,16,21-22H2,1H3. The molecule has 0 aromatic heterocycles. The van der Waals surface area contributed by atoms with Crippen molar-refractivity contribution in [2.24, 2.45) is 0 Å². The van der Waals surface area contributed by atoms with Gasteiger partial charge in [-0.25, -0.2) is 13.4 Å². The highest BCUT2D eigenvalue weighted by molar-refractivity contribution is 7.90. The summed E-state index contributed by atoms with van der Waals surface area (Å²) in [4.78, 5) is 2.85. The molecule has 0 spiro atoms. The lowest BCUT2D eigenvalue weighted by Gasteiger charge is -2.25. The number of nitrogens with zero attached hydrogens (tertiary/aromatic N) is 1. The molecule has 3 rings (SSSR count). The maximum absolute atomic E-state index is 13.0. The Morgan fingerprint density at radius 3 is 1.65 bits per heavy atom. The highest BCUT2D eigenvalue weighted by Gasteiger charge is 2.23. The normalized spacial score (nSPS) is 12.7.